The molecule has 0 atom stereocenters. The number of hydrogen-bond donors (Lipinski definition) is 1. The van der Waals surface area contributed by atoms with Gasteiger partial charge in [0.15, 0.2) is 5.82 Å². The first-order valence-electron chi connectivity index (χ1n) is 7.47. The Labute approximate surface area is 146 Å². The van der Waals surface area contributed by atoms with Gasteiger partial charge in [-0.3, -0.25) is 10.1 Å². The van der Waals surface area contributed by atoms with Crippen LogP contribution in [0.2, 0.25) is 0 Å². The first-order chi connectivity index (χ1) is 12.1. The molecule has 0 bridgehead atoms. The van der Waals surface area contributed by atoms with Crippen molar-refractivity contribution in [3.8, 4) is 11.4 Å². The Morgan fingerprint density at radius 1 is 1.16 bits per heavy atom. The third kappa shape index (κ3) is 2.87. The number of nitrogens with one attached hydrogen (secondary N) is 1. The zero-order chi connectivity index (χ0) is 17.4. The molecule has 25 heavy (non-hydrogen) atoms. The topological polar surface area (TPSA) is 72.2 Å². The van der Waals surface area contributed by atoms with Crippen molar-refractivity contribution in [2.75, 3.05) is 5.32 Å². The highest BCUT2D eigenvalue weighted by atomic mass is 32.1. The minimum Gasteiger partial charge on any atom is -0.296 e. The average Bonchev–Trinajstić information content (AvgIpc) is 3.18. The van der Waals surface area contributed by atoms with E-state index in [0.717, 1.165) is 5.56 Å². The van der Waals surface area contributed by atoms with Gasteiger partial charge >= 0.3 is 0 Å². The lowest BCUT2D eigenvalue weighted by Crippen LogP contribution is -2.12. The molecule has 0 saturated carbocycles. The maximum atomic E-state index is 13.6. The number of hydrogen-bond acceptors (Lipinski definition) is 5. The molecule has 0 saturated heterocycles. The zero-order valence-corrected chi connectivity index (χ0v) is 13.9. The summed E-state index contributed by atoms with van der Waals surface area (Å²) >= 11 is 1.20. The molecular formula is C17H12FN5OS. The minimum absolute atomic E-state index is 0.234. The fourth-order valence-electron chi connectivity index (χ4n) is 2.34. The molecule has 0 aliphatic rings. The average molecular weight is 353 g/mol. The quantitative estimate of drug-likeness (QED) is 0.611. The number of rotatable bonds is 3. The molecule has 0 aliphatic carbocycles. The van der Waals surface area contributed by atoms with Crippen molar-refractivity contribution in [1.29, 1.82) is 0 Å². The Kier molecular flexibility index (Phi) is 3.73. The Balaban J connectivity index is 1.63. The lowest BCUT2D eigenvalue weighted by Gasteiger charge is -2.03. The molecule has 0 spiro atoms. The number of benzene rings is 2. The van der Waals surface area contributed by atoms with Gasteiger partial charge in [-0.05, 0) is 24.6 Å². The highest BCUT2D eigenvalue weighted by molar-refractivity contribution is 7.20. The van der Waals surface area contributed by atoms with Crippen molar-refractivity contribution in [2.24, 2.45) is 0 Å². The Hall–Kier alpha value is -3.13. The molecule has 2 heterocycles. The molecule has 1 amide bonds. The number of halogens is 1. The van der Waals surface area contributed by atoms with Crippen molar-refractivity contribution in [2.45, 2.75) is 6.92 Å². The largest absolute Gasteiger partial charge is 0.296 e. The van der Waals surface area contributed by atoms with Crippen LogP contribution in [0.3, 0.4) is 0 Å². The third-order valence-corrected chi connectivity index (χ3v) is 4.49. The summed E-state index contributed by atoms with van der Waals surface area (Å²) in [5, 5.41) is 15.6. The van der Waals surface area contributed by atoms with E-state index in [1.54, 1.807) is 23.6 Å². The molecule has 0 aliphatic heterocycles. The maximum Gasteiger partial charge on any atom is 0.257 e. The van der Waals surface area contributed by atoms with E-state index in [1.807, 2.05) is 30.3 Å². The highest BCUT2D eigenvalue weighted by Gasteiger charge is 2.16. The molecule has 2 aromatic carbocycles. The van der Waals surface area contributed by atoms with Crippen LogP contribution >= 0.6 is 11.3 Å². The van der Waals surface area contributed by atoms with Gasteiger partial charge in [-0.2, -0.15) is 4.52 Å². The smallest absolute Gasteiger partial charge is 0.257 e. The van der Waals surface area contributed by atoms with Gasteiger partial charge in [0.2, 0.25) is 10.1 Å². The molecule has 1 N–H and O–H groups in total. The number of aryl methyl sites for hydroxylation is 1. The highest BCUT2D eigenvalue weighted by Crippen LogP contribution is 2.24. The Bertz CT molecular complexity index is 1070. The summed E-state index contributed by atoms with van der Waals surface area (Å²) in [7, 11) is 0. The summed E-state index contributed by atoms with van der Waals surface area (Å²) in [5.41, 5.74) is 1.60. The van der Waals surface area contributed by atoms with Crippen molar-refractivity contribution in [1.82, 2.24) is 19.8 Å². The number of aromatic nitrogens is 4. The van der Waals surface area contributed by atoms with Crippen molar-refractivity contribution >= 4 is 27.3 Å². The lowest BCUT2D eigenvalue weighted by atomic mass is 10.1. The van der Waals surface area contributed by atoms with E-state index in [4.69, 9.17) is 0 Å². The molecule has 0 unspecified atom stereocenters. The van der Waals surface area contributed by atoms with Crippen LogP contribution in [0.15, 0.2) is 48.5 Å². The molecule has 8 heteroatoms. The van der Waals surface area contributed by atoms with Gasteiger partial charge in [-0.1, -0.05) is 47.7 Å². The van der Waals surface area contributed by atoms with Gasteiger partial charge in [-0.25, -0.2) is 4.39 Å². The monoisotopic (exact) mass is 353 g/mol. The second kappa shape index (κ2) is 6.06. The summed E-state index contributed by atoms with van der Waals surface area (Å²) < 4.78 is 15.2. The van der Waals surface area contributed by atoms with E-state index in [1.165, 1.54) is 17.4 Å². The normalized spacial score (nSPS) is 11.0. The summed E-state index contributed by atoms with van der Waals surface area (Å²) in [6.45, 7) is 1.64. The van der Waals surface area contributed by atoms with E-state index in [0.29, 0.717) is 21.5 Å². The van der Waals surface area contributed by atoms with E-state index in [9.17, 15) is 9.18 Å². The molecular weight excluding hydrogens is 341 g/mol. The molecule has 6 nitrogen and oxygen atoms in total. The molecule has 124 valence electrons. The number of nitrogens with zero attached hydrogens (tertiary/aromatic N) is 4. The van der Waals surface area contributed by atoms with Crippen LogP contribution in [0.5, 0.6) is 0 Å². The molecule has 2 aromatic heterocycles. The van der Waals surface area contributed by atoms with E-state index >= 15 is 0 Å². The zero-order valence-electron chi connectivity index (χ0n) is 13.1. The Morgan fingerprint density at radius 2 is 1.96 bits per heavy atom. The van der Waals surface area contributed by atoms with E-state index in [-0.39, 0.29) is 5.56 Å². The predicted octanol–water partition coefficient (Wildman–Crippen LogP) is 3.55. The second-order valence-corrected chi connectivity index (χ2v) is 6.37. The lowest BCUT2D eigenvalue weighted by molar-refractivity contribution is 0.102. The second-order valence-electron chi connectivity index (χ2n) is 5.41. The van der Waals surface area contributed by atoms with Crippen LogP contribution in [0.1, 0.15) is 15.9 Å². The van der Waals surface area contributed by atoms with Crippen molar-refractivity contribution in [3.05, 3.63) is 65.5 Å². The van der Waals surface area contributed by atoms with Gasteiger partial charge in [-0.15, -0.1) is 15.3 Å². The number of anilines is 1. The number of fused-ring (bicyclic) bond motifs is 1. The summed E-state index contributed by atoms with van der Waals surface area (Å²) in [4.78, 5) is 12.8. The minimum atomic E-state index is -0.426. The van der Waals surface area contributed by atoms with Gasteiger partial charge in [0.25, 0.3) is 5.91 Å². The van der Waals surface area contributed by atoms with Gasteiger partial charge in [0, 0.05) is 11.1 Å². The predicted molar refractivity (Wildman–Crippen MR) is 93.2 cm³/mol. The maximum absolute atomic E-state index is 13.6. The van der Waals surface area contributed by atoms with Gasteiger partial charge < -0.3 is 0 Å². The Morgan fingerprint density at radius 3 is 2.72 bits per heavy atom. The first-order valence-corrected chi connectivity index (χ1v) is 8.28. The van der Waals surface area contributed by atoms with Crippen LogP contribution in [-0.4, -0.2) is 25.7 Å². The summed E-state index contributed by atoms with van der Waals surface area (Å²) in [5.74, 6) is -0.254. The van der Waals surface area contributed by atoms with Crippen molar-refractivity contribution in [3.63, 3.8) is 0 Å². The van der Waals surface area contributed by atoms with E-state index in [2.05, 4.69) is 20.6 Å². The summed E-state index contributed by atoms with van der Waals surface area (Å²) in [6, 6.07) is 13.9. The fraction of sp³-hybridized carbons (Fsp3) is 0.0588. The van der Waals surface area contributed by atoms with Gasteiger partial charge in [0.05, 0.1) is 0 Å². The van der Waals surface area contributed by atoms with Crippen LogP contribution in [0.4, 0.5) is 9.52 Å². The van der Waals surface area contributed by atoms with E-state index < -0.39 is 11.7 Å². The molecule has 4 rings (SSSR count). The molecule has 0 radical (unpaired) electrons. The van der Waals surface area contributed by atoms with Gasteiger partial charge in [0.1, 0.15) is 5.82 Å². The third-order valence-electron chi connectivity index (χ3n) is 3.68. The number of amides is 1. The fourth-order valence-corrected chi connectivity index (χ4v) is 3.07. The standard InChI is InChI=1S/C17H12FN5OS/c1-10-7-8-12(9-13(10)18)15(24)19-16-22-23-14(20-21-17(23)25-16)11-5-3-2-4-6-11/h2-9H,1H3,(H,19,22,24). The van der Waals surface area contributed by atoms with Crippen LogP contribution in [0.25, 0.3) is 16.3 Å². The summed E-state index contributed by atoms with van der Waals surface area (Å²) in [6.07, 6.45) is 0. The van der Waals surface area contributed by atoms with Crippen molar-refractivity contribution < 1.29 is 9.18 Å². The molecule has 0 fully saturated rings. The van der Waals surface area contributed by atoms with Crippen LogP contribution < -0.4 is 5.32 Å². The number of carbonyl (C=O) groups is 1. The first kappa shape index (κ1) is 15.4. The number of carbonyl (C=O) groups excluding carboxylic acids is 1. The molecule has 4 aromatic rings. The SMILES string of the molecule is Cc1ccc(C(=O)Nc2nn3c(-c4ccccc4)nnc3s2)cc1F. The van der Waals surface area contributed by atoms with Crippen LogP contribution in [-0.2, 0) is 0 Å². The van der Waals surface area contributed by atoms with Crippen LogP contribution in [0, 0.1) is 12.7 Å².